The van der Waals surface area contributed by atoms with E-state index in [1.807, 2.05) is 19.1 Å². The minimum Gasteiger partial charge on any atom is -0.282 e. The van der Waals surface area contributed by atoms with Crippen LogP contribution in [0.15, 0.2) is 23.6 Å². The van der Waals surface area contributed by atoms with E-state index in [1.54, 1.807) is 11.3 Å². The van der Waals surface area contributed by atoms with E-state index in [1.165, 1.54) is 21.2 Å². The first-order valence-corrected chi connectivity index (χ1v) is 7.07. The number of fused-ring (bicyclic) bond motifs is 1. The van der Waals surface area contributed by atoms with E-state index >= 15 is 0 Å². The van der Waals surface area contributed by atoms with Crippen LogP contribution in [0.2, 0.25) is 5.02 Å². The molecule has 1 aromatic carbocycles. The number of benzene rings is 1. The number of H-pyrrole nitrogens is 1. The van der Waals surface area contributed by atoms with Crippen LogP contribution >= 0.6 is 35.3 Å². The number of nitrogens with one attached hydrogen (secondary N) is 1. The summed E-state index contributed by atoms with van der Waals surface area (Å²) in [6.45, 7) is 4.11. The lowest BCUT2D eigenvalue weighted by Crippen LogP contribution is -1.90. The van der Waals surface area contributed by atoms with Crippen molar-refractivity contribution in [3.63, 3.8) is 0 Å². The molecule has 0 unspecified atom stereocenters. The fourth-order valence-corrected chi connectivity index (χ4v) is 3.33. The van der Waals surface area contributed by atoms with Gasteiger partial charge in [-0.25, -0.2) is 0 Å². The fourth-order valence-electron chi connectivity index (χ4n) is 2.22. The quantitative estimate of drug-likeness (QED) is 0.715. The SMILES string of the molecule is Cc1n[nH]c(C)c1Cc1csc2ccc(Cl)cc12.Cl. The minimum atomic E-state index is 0. The highest BCUT2D eigenvalue weighted by Crippen LogP contribution is 2.30. The monoisotopic (exact) mass is 312 g/mol. The summed E-state index contributed by atoms with van der Waals surface area (Å²) in [7, 11) is 0. The average molecular weight is 313 g/mol. The van der Waals surface area contributed by atoms with E-state index in [0.29, 0.717) is 0 Å². The van der Waals surface area contributed by atoms with Gasteiger partial charge in [0.15, 0.2) is 0 Å². The second-order valence-electron chi connectivity index (χ2n) is 4.49. The average Bonchev–Trinajstić information content (AvgIpc) is 2.88. The largest absolute Gasteiger partial charge is 0.282 e. The van der Waals surface area contributed by atoms with Crippen molar-refractivity contribution < 1.29 is 0 Å². The van der Waals surface area contributed by atoms with Gasteiger partial charge >= 0.3 is 0 Å². The molecule has 0 fully saturated rings. The molecule has 5 heteroatoms. The topological polar surface area (TPSA) is 28.7 Å². The van der Waals surface area contributed by atoms with Crippen molar-refractivity contribution in [1.29, 1.82) is 0 Å². The van der Waals surface area contributed by atoms with Gasteiger partial charge in [0, 0.05) is 27.4 Å². The Hall–Kier alpha value is -1.03. The molecule has 0 radical (unpaired) electrons. The maximum absolute atomic E-state index is 6.08. The van der Waals surface area contributed by atoms with Crippen LogP contribution in [0, 0.1) is 13.8 Å². The van der Waals surface area contributed by atoms with Crippen LogP contribution < -0.4 is 0 Å². The fraction of sp³-hybridized carbons (Fsp3) is 0.214. The number of hydrogen-bond donors (Lipinski definition) is 1. The van der Waals surface area contributed by atoms with Gasteiger partial charge in [-0.15, -0.1) is 23.7 Å². The molecule has 2 nitrogen and oxygen atoms in total. The molecule has 0 saturated heterocycles. The van der Waals surface area contributed by atoms with E-state index in [2.05, 4.69) is 28.6 Å². The third-order valence-electron chi connectivity index (χ3n) is 3.26. The lowest BCUT2D eigenvalue weighted by atomic mass is 10.0. The summed E-state index contributed by atoms with van der Waals surface area (Å²) in [6.07, 6.45) is 0.911. The zero-order valence-corrected chi connectivity index (χ0v) is 13.0. The molecule has 100 valence electrons. The van der Waals surface area contributed by atoms with Gasteiger partial charge in [0.05, 0.1) is 5.69 Å². The first-order valence-electron chi connectivity index (χ1n) is 5.81. The van der Waals surface area contributed by atoms with Gasteiger partial charge in [0.25, 0.3) is 0 Å². The van der Waals surface area contributed by atoms with Crippen molar-refractivity contribution in [2.75, 3.05) is 0 Å². The van der Waals surface area contributed by atoms with E-state index in [4.69, 9.17) is 11.6 Å². The van der Waals surface area contributed by atoms with Gasteiger partial charge in [-0.05, 0) is 48.4 Å². The molecule has 0 aliphatic rings. The van der Waals surface area contributed by atoms with Gasteiger partial charge in [0.2, 0.25) is 0 Å². The summed E-state index contributed by atoms with van der Waals surface area (Å²) in [4.78, 5) is 0. The van der Waals surface area contributed by atoms with E-state index in [-0.39, 0.29) is 12.4 Å². The third-order valence-corrected chi connectivity index (χ3v) is 4.51. The molecule has 0 aliphatic carbocycles. The minimum absolute atomic E-state index is 0. The third kappa shape index (κ3) is 2.64. The van der Waals surface area contributed by atoms with E-state index < -0.39 is 0 Å². The zero-order chi connectivity index (χ0) is 12.7. The number of aromatic amines is 1. The maximum atomic E-state index is 6.08. The Morgan fingerprint density at radius 3 is 2.79 bits per heavy atom. The molecule has 0 atom stereocenters. The highest BCUT2D eigenvalue weighted by Gasteiger charge is 2.11. The van der Waals surface area contributed by atoms with E-state index in [9.17, 15) is 0 Å². The smallest absolute Gasteiger partial charge is 0.0629 e. The van der Waals surface area contributed by atoms with Crippen molar-refractivity contribution in [2.24, 2.45) is 0 Å². The van der Waals surface area contributed by atoms with Gasteiger partial charge in [-0.1, -0.05) is 11.6 Å². The standard InChI is InChI=1S/C14H13ClN2S.ClH/c1-8-12(9(2)17-16-8)5-10-7-18-14-4-3-11(15)6-13(10)14;/h3-4,6-7H,5H2,1-2H3,(H,16,17);1H. The predicted molar refractivity (Wildman–Crippen MR) is 85.0 cm³/mol. The summed E-state index contributed by atoms with van der Waals surface area (Å²) in [5, 5.41) is 11.5. The molecular formula is C14H14Cl2N2S. The van der Waals surface area contributed by atoms with Crippen LogP contribution in [0.25, 0.3) is 10.1 Å². The molecule has 0 amide bonds. The van der Waals surface area contributed by atoms with Crippen LogP contribution in [-0.4, -0.2) is 10.2 Å². The van der Waals surface area contributed by atoms with Gasteiger partial charge in [-0.2, -0.15) is 5.10 Å². The molecule has 19 heavy (non-hydrogen) atoms. The molecular weight excluding hydrogens is 299 g/mol. The molecule has 3 aromatic rings. The Bertz CT molecular complexity index is 696. The van der Waals surface area contributed by atoms with Crippen molar-refractivity contribution in [3.8, 4) is 0 Å². The summed E-state index contributed by atoms with van der Waals surface area (Å²) in [6, 6.07) is 6.08. The Morgan fingerprint density at radius 2 is 2.11 bits per heavy atom. The van der Waals surface area contributed by atoms with E-state index in [0.717, 1.165) is 22.8 Å². The lowest BCUT2D eigenvalue weighted by molar-refractivity contribution is 1.02. The Balaban J connectivity index is 0.00000133. The molecule has 0 spiro atoms. The second-order valence-corrected chi connectivity index (χ2v) is 5.84. The predicted octanol–water partition coefficient (Wildman–Crippen LogP) is 4.91. The summed E-state index contributed by atoms with van der Waals surface area (Å²) >= 11 is 7.85. The maximum Gasteiger partial charge on any atom is 0.0629 e. The number of halogens is 2. The molecule has 0 saturated carbocycles. The van der Waals surface area contributed by atoms with Crippen LogP contribution in [-0.2, 0) is 6.42 Å². The Morgan fingerprint density at radius 1 is 1.32 bits per heavy atom. The number of nitrogens with zero attached hydrogens (tertiary/aromatic N) is 1. The van der Waals surface area contributed by atoms with Gasteiger partial charge < -0.3 is 0 Å². The normalized spacial score (nSPS) is 10.7. The van der Waals surface area contributed by atoms with Gasteiger partial charge in [-0.3, -0.25) is 5.10 Å². The van der Waals surface area contributed by atoms with Crippen molar-refractivity contribution in [2.45, 2.75) is 20.3 Å². The molecule has 2 aromatic heterocycles. The van der Waals surface area contributed by atoms with Gasteiger partial charge in [0.1, 0.15) is 0 Å². The number of aromatic nitrogens is 2. The molecule has 0 aliphatic heterocycles. The number of aryl methyl sites for hydroxylation is 2. The van der Waals surface area contributed by atoms with Crippen LogP contribution in [0.4, 0.5) is 0 Å². The summed E-state index contributed by atoms with van der Waals surface area (Å²) in [5.41, 5.74) is 4.84. The summed E-state index contributed by atoms with van der Waals surface area (Å²) < 4.78 is 1.29. The number of rotatable bonds is 2. The highest BCUT2D eigenvalue weighted by molar-refractivity contribution is 7.17. The number of hydrogen-bond acceptors (Lipinski definition) is 2. The Kier molecular flexibility index (Phi) is 4.19. The molecule has 2 heterocycles. The number of thiophene rings is 1. The van der Waals surface area contributed by atoms with Crippen molar-refractivity contribution >= 4 is 45.4 Å². The van der Waals surface area contributed by atoms with Crippen LogP contribution in [0.1, 0.15) is 22.5 Å². The first kappa shape index (κ1) is 14.4. The highest BCUT2D eigenvalue weighted by atomic mass is 35.5. The Labute approximate surface area is 127 Å². The van der Waals surface area contributed by atoms with Crippen LogP contribution in [0.5, 0.6) is 0 Å². The zero-order valence-electron chi connectivity index (χ0n) is 10.7. The van der Waals surface area contributed by atoms with Crippen molar-refractivity contribution in [3.05, 3.63) is 51.1 Å². The van der Waals surface area contributed by atoms with Crippen molar-refractivity contribution in [1.82, 2.24) is 10.2 Å². The summed E-state index contributed by atoms with van der Waals surface area (Å²) in [5.74, 6) is 0. The second kappa shape index (κ2) is 5.53. The lowest BCUT2D eigenvalue weighted by Gasteiger charge is -2.01. The molecule has 0 bridgehead atoms. The van der Waals surface area contributed by atoms with Crippen LogP contribution in [0.3, 0.4) is 0 Å². The first-order chi connectivity index (χ1) is 8.65. The molecule has 1 N–H and O–H groups in total. The molecule has 3 rings (SSSR count).